The quantitative estimate of drug-likeness (QED) is 0.133. The molecule has 1 unspecified atom stereocenters. The highest BCUT2D eigenvalue weighted by molar-refractivity contribution is 9.10. The molecule has 7 nitrogen and oxygen atoms in total. The van der Waals surface area contributed by atoms with Crippen LogP contribution in [0.3, 0.4) is 0 Å². The normalized spacial score (nSPS) is 11.9. The molecule has 3 N–H and O–H groups in total. The molecule has 0 radical (unpaired) electrons. The van der Waals surface area contributed by atoms with E-state index in [1.165, 1.54) is 23.1 Å². The van der Waals surface area contributed by atoms with Crippen molar-refractivity contribution in [1.29, 1.82) is 0 Å². The van der Waals surface area contributed by atoms with Crippen LogP contribution in [-0.4, -0.2) is 28.0 Å². The van der Waals surface area contributed by atoms with Gasteiger partial charge in [-0.2, -0.15) is 0 Å². The molecule has 39 heavy (non-hydrogen) atoms. The predicted octanol–water partition coefficient (Wildman–Crippen LogP) is 6.82. The number of carbonyl (C=O) groups excluding carboxylic acids is 3. The molecular weight excluding hydrogens is 596 g/mol. The Morgan fingerprint density at radius 1 is 1.00 bits per heavy atom. The van der Waals surface area contributed by atoms with Crippen molar-refractivity contribution >= 4 is 73.6 Å². The van der Waals surface area contributed by atoms with E-state index in [0.29, 0.717) is 22.8 Å². The number of aromatic nitrogens is 1. The molecule has 10 heteroatoms. The molecule has 4 aromatic rings. The third kappa shape index (κ3) is 8.38. The second kappa shape index (κ2) is 13.9. The summed E-state index contributed by atoms with van der Waals surface area (Å²) < 4.78 is 0.847. The Hall–Kier alpha value is -3.73. The van der Waals surface area contributed by atoms with E-state index in [4.69, 9.17) is 0 Å². The van der Waals surface area contributed by atoms with E-state index in [2.05, 4.69) is 36.9 Å². The SMILES string of the molecule is CCC(Sc1cccc(NC(=O)/C(=C\c2cccc(Br)c2)NC(=O)c2ccccc2)c1)C(=O)Nc1nccs1. The summed E-state index contributed by atoms with van der Waals surface area (Å²) in [4.78, 5) is 43.9. The van der Waals surface area contributed by atoms with E-state index in [1.807, 2.05) is 49.4 Å². The van der Waals surface area contributed by atoms with Gasteiger partial charge >= 0.3 is 0 Å². The van der Waals surface area contributed by atoms with Crippen LogP contribution >= 0.6 is 39.0 Å². The number of amides is 3. The molecule has 4 rings (SSSR count). The Morgan fingerprint density at radius 2 is 1.79 bits per heavy atom. The molecule has 0 fully saturated rings. The van der Waals surface area contributed by atoms with Gasteiger partial charge in [0.2, 0.25) is 5.91 Å². The van der Waals surface area contributed by atoms with Crippen LogP contribution in [0.15, 0.2) is 106 Å². The van der Waals surface area contributed by atoms with Gasteiger partial charge in [-0.25, -0.2) is 4.98 Å². The Balaban J connectivity index is 1.51. The van der Waals surface area contributed by atoms with E-state index in [0.717, 1.165) is 14.9 Å². The second-order valence-electron chi connectivity index (χ2n) is 8.26. The Morgan fingerprint density at radius 3 is 2.51 bits per heavy atom. The third-order valence-corrected chi connectivity index (χ3v) is 7.92. The minimum Gasteiger partial charge on any atom is -0.321 e. The smallest absolute Gasteiger partial charge is 0.272 e. The minimum atomic E-state index is -0.477. The summed E-state index contributed by atoms with van der Waals surface area (Å²) in [5.41, 5.74) is 1.80. The number of hydrogen-bond acceptors (Lipinski definition) is 6. The van der Waals surface area contributed by atoms with Gasteiger partial charge in [0.05, 0.1) is 5.25 Å². The van der Waals surface area contributed by atoms with Crippen molar-refractivity contribution in [2.75, 3.05) is 10.6 Å². The summed E-state index contributed by atoms with van der Waals surface area (Å²) >= 11 is 6.21. The van der Waals surface area contributed by atoms with Crippen LogP contribution in [0.25, 0.3) is 6.08 Å². The molecule has 3 amide bonds. The zero-order valence-electron chi connectivity index (χ0n) is 20.9. The first-order chi connectivity index (χ1) is 18.9. The van der Waals surface area contributed by atoms with Crippen LogP contribution in [0.5, 0.6) is 0 Å². The predicted molar refractivity (Wildman–Crippen MR) is 162 cm³/mol. The van der Waals surface area contributed by atoms with Crippen molar-refractivity contribution in [2.45, 2.75) is 23.5 Å². The molecule has 1 atom stereocenters. The summed E-state index contributed by atoms with van der Waals surface area (Å²) in [6.07, 6.45) is 3.88. The van der Waals surface area contributed by atoms with E-state index < -0.39 is 11.8 Å². The van der Waals surface area contributed by atoms with Gasteiger partial charge in [-0.05, 0) is 60.5 Å². The topological polar surface area (TPSA) is 100 Å². The van der Waals surface area contributed by atoms with Crippen LogP contribution in [0.1, 0.15) is 29.3 Å². The molecule has 198 valence electrons. The molecule has 0 bridgehead atoms. The van der Waals surface area contributed by atoms with Gasteiger partial charge in [0.25, 0.3) is 11.8 Å². The summed E-state index contributed by atoms with van der Waals surface area (Å²) in [6.45, 7) is 1.94. The van der Waals surface area contributed by atoms with Gasteiger partial charge in [-0.15, -0.1) is 23.1 Å². The molecular formula is C29H25BrN4O3S2. The minimum absolute atomic E-state index is 0.0919. The van der Waals surface area contributed by atoms with Crippen molar-refractivity contribution in [3.05, 3.63) is 112 Å². The average Bonchev–Trinajstić information content (AvgIpc) is 3.45. The number of carbonyl (C=O) groups is 3. The first-order valence-electron chi connectivity index (χ1n) is 12.0. The van der Waals surface area contributed by atoms with Crippen LogP contribution in [0.4, 0.5) is 10.8 Å². The fourth-order valence-corrected chi connectivity index (χ4v) is 5.47. The molecule has 0 saturated carbocycles. The molecule has 0 spiro atoms. The fraction of sp³-hybridized carbons (Fsp3) is 0.103. The maximum absolute atomic E-state index is 13.4. The van der Waals surface area contributed by atoms with Gasteiger partial charge < -0.3 is 16.0 Å². The van der Waals surface area contributed by atoms with Crippen LogP contribution in [0, 0.1) is 0 Å². The van der Waals surface area contributed by atoms with Crippen molar-refractivity contribution < 1.29 is 14.4 Å². The first kappa shape index (κ1) is 28.3. The molecule has 0 aliphatic rings. The zero-order chi connectivity index (χ0) is 27.6. The zero-order valence-corrected chi connectivity index (χ0v) is 24.1. The van der Waals surface area contributed by atoms with E-state index in [1.54, 1.807) is 54.1 Å². The lowest BCUT2D eigenvalue weighted by molar-refractivity contribution is -0.116. The standard InChI is InChI=1S/C29H25BrN4O3S2/c1-2-25(28(37)34-29-31-14-15-38-29)39-23-13-7-12-22(18-23)32-27(36)24(17-19-8-6-11-21(30)16-19)33-26(35)20-9-4-3-5-10-20/h3-18,25H,2H2,1H3,(H,32,36)(H,33,35)(H,31,34,37)/b24-17+. The third-order valence-electron chi connectivity index (χ3n) is 5.38. The molecule has 0 aliphatic heterocycles. The number of benzene rings is 3. The van der Waals surface area contributed by atoms with E-state index in [9.17, 15) is 14.4 Å². The number of anilines is 2. The van der Waals surface area contributed by atoms with Gasteiger partial charge in [0, 0.05) is 32.2 Å². The first-order valence-corrected chi connectivity index (χ1v) is 14.6. The van der Waals surface area contributed by atoms with E-state index in [-0.39, 0.29) is 16.9 Å². The summed E-state index contributed by atoms with van der Waals surface area (Å²) in [5, 5.41) is 10.5. The lowest BCUT2D eigenvalue weighted by atomic mass is 10.1. The van der Waals surface area contributed by atoms with Crippen molar-refractivity contribution in [3.8, 4) is 0 Å². The summed E-state index contributed by atoms with van der Waals surface area (Å²) in [6, 6.07) is 23.4. The highest BCUT2D eigenvalue weighted by atomic mass is 79.9. The van der Waals surface area contributed by atoms with Crippen molar-refractivity contribution in [3.63, 3.8) is 0 Å². The molecule has 1 aromatic heterocycles. The maximum Gasteiger partial charge on any atom is 0.272 e. The van der Waals surface area contributed by atoms with E-state index >= 15 is 0 Å². The van der Waals surface area contributed by atoms with Crippen molar-refractivity contribution in [1.82, 2.24) is 10.3 Å². The number of hydrogen-bond donors (Lipinski definition) is 3. The Kier molecular flexibility index (Phi) is 10.1. The lowest BCUT2D eigenvalue weighted by Gasteiger charge is -2.15. The van der Waals surface area contributed by atoms with Crippen LogP contribution in [0.2, 0.25) is 0 Å². The van der Waals surface area contributed by atoms with Crippen LogP contribution in [-0.2, 0) is 9.59 Å². The molecule has 0 aliphatic carbocycles. The van der Waals surface area contributed by atoms with Gasteiger partial charge in [0.1, 0.15) is 5.70 Å². The molecule has 0 saturated heterocycles. The number of nitrogens with one attached hydrogen (secondary N) is 3. The summed E-state index contributed by atoms with van der Waals surface area (Å²) in [7, 11) is 0. The van der Waals surface area contributed by atoms with Gasteiger partial charge in [-0.3, -0.25) is 14.4 Å². The average molecular weight is 622 g/mol. The number of halogens is 1. The number of nitrogens with zero attached hydrogens (tertiary/aromatic N) is 1. The monoisotopic (exact) mass is 620 g/mol. The van der Waals surface area contributed by atoms with Crippen molar-refractivity contribution in [2.24, 2.45) is 0 Å². The van der Waals surface area contributed by atoms with Gasteiger partial charge in [0.15, 0.2) is 5.13 Å². The van der Waals surface area contributed by atoms with Crippen LogP contribution < -0.4 is 16.0 Å². The largest absolute Gasteiger partial charge is 0.321 e. The number of rotatable bonds is 10. The Labute approximate surface area is 243 Å². The fourth-order valence-electron chi connectivity index (χ4n) is 3.51. The molecule has 1 heterocycles. The summed E-state index contributed by atoms with van der Waals surface area (Å²) in [5.74, 6) is -1.00. The highest BCUT2D eigenvalue weighted by Gasteiger charge is 2.20. The Bertz CT molecular complexity index is 1480. The number of thiazole rings is 1. The number of thioether (sulfide) groups is 1. The second-order valence-corrected chi connectivity index (χ2v) is 11.3. The van der Waals surface area contributed by atoms with Gasteiger partial charge in [-0.1, -0.05) is 59.3 Å². The lowest BCUT2D eigenvalue weighted by Crippen LogP contribution is -2.30. The highest BCUT2D eigenvalue weighted by Crippen LogP contribution is 2.29. The maximum atomic E-state index is 13.4. The molecule has 3 aromatic carbocycles.